The van der Waals surface area contributed by atoms with Gasteiger partial charge in [-0.3, -0.25) is 0 Å². The van der Waals surface area contributed by atoms with Crippen molar-refractivity contribution in [2.24, 2.45) is 5.73 Å². The molecule has 2 aromatic rings. The standard InChI is InChI=1S/C13H14N2OS3/c14-12(18)10-7-15(6-8-2-1-4-16-8)13-9(11(10)17)3-5-19-13/h3,5,7-8H,1-2,4,6H2,(H2,14,18). The highest BCUT2D eigenvalue weighted by Gasteiger charge is 2.18. The molecule has 0 amide bonds. The van der Waals surface area contributed by atoms with Gasteiger partial charge in [-0.2, -0.15) is 0 Å². The van der Waals surface area contributed by atoms with Crippen molar-refractivity contribution in [2.75, 3.05) is 6.61 Å². The normalized spacial score (nSPS) is 19.1. The Balaban J connectivity index is 2.11. The molecule has 1 aliphatic heterocycles. The molecule has 6 heteroatoms. The van der Waals surface area contributed by atoms with Crippen LogP contribution in [0, 0.1) is 4.51 Å². The van der Waals surface area contributed by atoms with Crippen LogP contribution in [-0.2, 0) is 11.3 Å². The average molecular weight is 310 g/mol. The van der Waals surface area contributed by atoms with E-state index in [2.05, 4.69) is 9.95 Å². The zero-order chi connectivity index (χ0) is 13.4. The Morgan fingerprint density at radius 1 is 1.58 bits per heavy atom. The van der Waals surface area contributed by atoms with E-state index in [9.17, 15) is 0 Å². The van der Waals surface area contributed by atoms with Crippen LogP contribution in [0.4, 0.5) is 0 Å². The lowest BCUT2D eigenvalue weighted by molar-refractivity contribution is 0.0980. The minimum absolute atomic E-state index is 0.283. The van der Waals surface area contributed by atoms with Crippen LogP contribution in [0.3, 0.4) is 0 Å². The molecule has 0 aromatic carbocycles. The first-order chi connectivity index (χ1) is 9.16. The van der Waals surface area contributed by atoms with Crippen LogP contribution in [0.25, 0.3) is 10.2 Å². The third-order valence-electron chi connectivity index (χ3n) is 3.37. The molecular weight excluding hydrogens is 296 g/mol. The zero-order valence-corrected chi connectivity index (χ0v) is 12.7. The van der Waals surface area contributed by atoms with E-state index >= 15 is 0 Å². The summed E-state index contributed by atoms with van der Waals surface area (Å²) in [5.74, 6) is 0. The van der Waals surface area contributed by atoms with Crippen molar-refractivity contribution in [3.63, 3.8) is 0 Å². The summed E-state index contributed by atoms with van der Waals surface area (Å²) >= 11 is 12.2. The largest absolute Gasteiger partial charge is 0.389 e. The number of nitrogens with two attached hydrogens (primary N) is 1. The van der Waals surface area contributed by atoms with E-state index in [1.54, 1.807) is 11.3 Å². The topological polar surface area (TPSA) is 40.2 Å². The molecule has 3 nitrogen and oxygen atoms in total. The second kappa shape index (κ2) is 5.28. The first kappa shape index (κ1) is 13.2. The Morgan fingerprint density at radius 2 is 2.42 bits per heavy atom. The Bertz CT molecular complexity index is 683. The molecule has 1 unspecified atom stereocenters. The van der Waals surface area contributed by atoms with Crippen molar-refractivity contribution in [1.29, 1.82) is 0 Å². The molecule has 0 aliphatic carbocycles. The summed E-state index contributed by atoms with van der Waals surface area (Å²) < 4.78 is 8.64. The molecule has 0 saturated carbocycles. The quantitative estimate of drug-likeness (QED) is 0.884. The van der Waals surface area contributed by atoms with E-state index in [0.29, 0.717) is 4.99 Å². The summed E-state index contributed by atoms with van der Waals surface area (Å²) in [6.45, 7) is 1.70. The van der Waals surface area contributed by atoms with Crippen molar-refractivity contribution in [3.8, 4) is 0 Å². The Kier molecular flexibility index (Phi) is 3.66. The highest BCUT2D eigenvalue weighted by Crippen LogP contribution is 2.26. The number of pyridine rings is 1. The molecule has 1 saturated heterocycles. The minimum Gasteiger partial charge on any atom is -0.389 e. The number of thiophene rings is 1. The van der Waals surface area contributed by atoms with Gasteiger partial charge in [0.2, 0.25) is 0 Å². The Labute approximate surface area is 126 Å². The highest BCUT2D eigenvalue weighted by molar-refractivity contribution is 7.80. The van der Waals surface area contributed by atoms with Gasteiger partial charge >= 0.3 is 0 Å². The monoisotopic (exact) mass is 310 g/mol. The van der Waals surface area contributed by atoms with Crippen molar-refractivity contribution < 1.29 is 4.74 Å². The van der Waals surface area contributed by atoms with Gasteiger partial charge in [0.15, 0.2) is 0 Å². The lowest BCUT2D eigenvalue weighted by atomic mass is 10.2. The number of thiocarbonyl (C=S) groups is 1. The van der Waals surface area contributed by atoms with Gasteiger partial charge < -0.3 is 15.0 Å². The third kappa shape index (κ3) is 2.45. The maximum Gasteiger partial charge on any atom is 0.106 e. The molecular formula is C13H14N2OS3. The van der Waals surface area contributed by atoms with Crippen molar-refractivity contribution >= 4 is 51.0 Å². The van der Waals surface area contributed by atoms with Gasteiger partial charge in [-0.15, -0.1) is 11.3 Å². The number of hydrogen-bond acceptors (Lipinski definition) is 4. The lowest BCUT2D eigenvalue weighted by Gasteiger charge is -2.15. The molecule has 2 aromatic heterocycles. The summed E-state index contributed by atoms with van der Waals surface area (Å²) in [5.41, 5.74) is 6.56. The van der Waals surface area contributed by atoms with E-state index < -0.39 is 0 Å². The van der Waals surface area contributed by atoms with Gasteiger partial charge in [-0.25, -0.2) is 0 Å². The molecule has 0 bridgehead atoms. The maximum atomic E-state index is 5.78. The van der Waals surface area contributed by atoms with E-state index in [-0.39, 0.29) is 6.10 Å². The summed E-state index contributed by atoms with van der Waals surface area (Å²) in [6, 6.07) is 2.04. The van der Waals surface area contributed by atoms with Gasteiger partial charge in [0.05, 0.1) is 10.6 Å². The van der Waals surface area contributed by atoms with Crippen molar-refractivity contribution in [3.05, 3.63) is 27.7 Å². The molecule has 0 spiro atoms. The maximum absolute atomic E-state index is 5.78. The SMILES string of the molecule is NC(=S)c1cn(CC2CCCO2)c2sccc2c1=S. The number of hydrogen-bond donors (Lipinski definition) is 1. The van der Waals surface area contributed by atoms with Gasteiger partial charge in [-0.05, 0) is 24.3 Å². The van der Waals surface area contributed by atoms with Gasteiger partial charge in [0.1, 0.15) is 9.82 Å². The Morgan fingerprint density at radius 3 is 3.11 bits per heavy atom. The van der Waals surface area contributed by atoms with E-state index in [1.165, 1.54) is 4.83 Å². The summed E-state index contributed by atoms with van der Waals surface area (Å²) in [6.07, 6.45) is 4.51. The van der Waals surface area contributed by atoms with Gasteiger partial charge in [-0.1, -0.05) is 24.4 Å². The molecule has 3 heterocycles. The Hall–Kier alpha value is -0.820. The minimum atomic E-state index is 0.283. The second-order valence-electron chi connectivity index (χ2n) is 4.66. The van der Waals surface area contributed by atoms with Gasteiger partial charge in [0, 0.05) is 30.3 Å². The van der Waals surface area contributed by atoms with Crippen LogP contribution in [0.5, 0.6) is 0 Å². The molecule has 0 radical (unpaired) electrons. The molecule has 1 fully saturated rings. The lowest BCUT2D eigenvalue weighted by Crippen LogP contribution is -2.18. The molecule has 3 rings (SSSR count). The second-order valence-corrected chi connectivity index (χ2v) is 6.41. The summed E-state index contributed by atoms with van der Waals surface area (Å²) in [7, 11) is 0. The van der Waals surface area contributed by atoms with Crippen LogP contribution in [0.2, 0.25) is 0 Å². The fourth-order valence-corrected chi connectivity index (χ4v) is 3.94. The molecule has 2 N–H and O–H groups in total. The number of rotatable bonds is 3. The number of fused-ring (bicyclic) bond motifs is 1. The molecule has 19 heavy (non-hydrogen) atoms. The molecule has 1 atom stereocenters. The molecule has 100 valence electrons. The smallest absolute Gasteiger partial charge is 0.106 e. The number of nitrogens with zero attached hydrogens (tertiary/aromatic N) is 1. The van der Waals surface area contributed by atoms with Crippen molar-refractivity contribution in [1.82, 2.24) is 4.57 Å². The first-order valence-corrected chi connectivity index (χ1v) is 7.88. The van der Waals surface area contributed by atoms with E-state index in [4.69, 9.17) is 34.9 Å². The van der Waals surface area contributed by atoms with Crippen LogP contribution < -0.4 is 5.73 Å². The van der Waals surface area contributed by atoms with Crippen LogP contribution in [0.15, 0.2) is 17.6 Å². The number of aromatic nitrogens is 1. The third-order valence-corrected chi connectivity index (χ3v) is 4.98. The fourth-order valence-electron chi connectivity index (χ4n) is 2.43. The first-order valence-electron chi connectivity index (χ1n) is 6.19. The average Bonchev–Trinajstić information content (AvgIpc) is 3.02. The molecule has 1 aliphatic rings. The van der Waals surface area contributed by atoms with Crippen molar-refractivity contribution in [2.45, 2.75) is 25.5 Å². The summed E-state index contributed by atoms with van der Waals surface area (Å²) in [5, 5.41) is 3.11. The highest BCUT2D eigenvalue weighted by atomic mass is 32.1. The zero-order valence-electron chi connectivity index (χ0n) is 10.3. The van der Waals surface area contributed by atoms with Crippen LogP contribution in [-0.4, -0.2) is 22.3 Å². The predicted molar refractivity (Wildman–Crippen MR) is 85.5 cm³/mol. The van der Waals surface area contributed by atoms with Crippen LogP contribution in [0.1, 0.15) is 18.4 Å². The fraction of sp³-hybridized carbons (Fsp3) is 0.385. The van der Waals surface area contributed by atoms with Gasteiger partial charge in [0.25, 0.3) is 0 Å². The van der Waals surface area contributed by atoms with Crippen LogP contribution >= 0.6 is 35.8 Å². The van der Waals surface area contributed by atoms with E-state index in [1.807, 2.05) is 12.3 Å². The summed E-state index contributed by atoms with van der Waals surface area (Å²) in [4.78, 5) is 1.53. The number of ether oxygens (including phenoxy) is 1. The predicted octanol–water partition coefficient (Wildman–Crippen LogP) is 3.25. The van der Waals surface area contributed by atoms with E-state index in [0.717, 1.165) is 41.5 Å².